The van der Waals surface area contributed by atoms with Crippen LogP contribution in [-0.2, 0) is 0 Å². The molecule has 0 atom stereocenters. The van der Waals surface area contributed by atoms with Crippen LogP contribution in [0.25, 0.3) is 22.3 Å². The number of benzene rings is 2. The minimum absolute atomic E-state index is 0.333. The quantitative estimate of drug-likeness (QED) is 0.520. The second-order valence-electron chi connectivity index (χ2n) is 4.12. The monoisotopic (exact) mass is 252 g/mol. The molecule has 2 aromatic carbocycles. The molecule has 0 saturated heterocycles. The molecule has 4 nitrogen and oxygen atoms in total. The van der Waals surface area contributed by atoms with Crippen LogP contribution >= 0.6 is 0 Å². The highest BCUT2D eigenvalue weighted by atomic mass is 16.5. The summed E-state index contributed by atoms with van der Waals surface area (Å²) in [5.41, 5.74) is 2.37. The molecule has 0 fully saturated rings. The lowest BCUT2D eigenvalue weighted by atomic mass is 10.1. The van der Waals surface area contributed by atoms with E-state index in [-0.39, 0.29) is 0 Å². The first kappa shape index (κ1) is 11.5. The van der Waals surface area contributed by atoms with Gasteiger partial charge in [0.15, 0.2) is 0 Å². The van der Waals surface area contributed by atoms with Crippen LogP contribution in [0, 0.1) is 5.21 Å². The maximum Gasteiger partial charge on any atom is 0.290 e. The molecule has 0 aliphatic heterocycles. The van der Waals surface area contributed by atoms with E-state index in [1.54, 1.807) is 12.1 Å². The van der Waals surface area contributed by atoms with Gasteiger partial charge in [-0.1, -0.05) is 30.3 Å². The average Bonchev–Trinajstić information content (AvgIpc) is 2.48. The second kappa shape index (κ2) is 4.57. The third kappa shape index (κ3) is 1.87. The SMILES string of the molecule is COc1nc2ccccc2[n+]([O-])c1-c1ccccc1. The van der Waals surface area contributed by atoms with Gasteiger partial charge in [-0.3, -0.25) is 0 Å². The summed E-state index contributed by atoms with van der Waals surface area (Å²) in [5, 5.41) is 12.5. The van der Waals surface area contributed by atoms with Crippen molar-refractivity contribution in [1.29, 1.82) is 0 Å². The van der Waals surface area contributed by atoms with E-state index in [9.17, 15) is 5.21 Å². The van der Waals surface area contributed by atoms with Crippen molar-refractivity contribution in [3.63, 3.8) is 0 Å². The van der Waals surface area contributed by atoms with Gasteiger partial charge in [-0.25, -0.2) is 4.98 Å². The molecule has 1 aromatic heterocycles. The fraction of sp³-hybridized carbons (Fsp3) is 0.0667. The Hall–Kier alpha value is -2.62. The molecule has 1 heterocycles. The topological polar surface area (TPSA) is 49.1 Å². The molecule has 0 amide bonds. The second-order valence-corrected chi connectivity index (χ2v) is 4.12. The van der Waals surface area contributed by atoms with Gasteiger partial charge in [-0.2, -0.15) is 4.73 Å². The summed E-state index contributed by atoms with van der Waals surface area (Å²) in [6.07, 6.45) is 0. The molecule has 0 unspecified atom stereocenters. The van der Waals surface area contributed by atoms with Crippen molar-refractivity contribution in [2.24, 2.45) is 0 Å². The van der Waals surface area contributed by atoms with Crippen LogP contribution in [0.15, 0.2) is 54.6 Å². The number of fused-ring (bicyclic) bond motifs is 1. The van der Waals surface area contributed by atoms with Gasteiger partial charge in [-0.05, 0) is 18.2 Å². The predicted molar refractivity (Wildman–Crippen MR) is 72.7 cm³/mol. The van der Waals surface area contributed by atoms with Gasteiger partial charge in [0.1, 0.15) is 5.52 Å². The Kier molecular flexibility index (Phi) is 2.76. The van der Waals surface area contributed by atoms with E-state index in [4.69, 9.17) is 4.74 Å². The van der Waals surface area contributed by atoms with Gasteiger partial charge in [0.25, 0.3) is 11.6 Å². The minimum atomic E-state index is 0.333. The summed E-state index contributed by atoms with van der Waals surface area (Å²) in [5.74, 6) is 0.333. The third-order valence-corrected chi connectivity index (χ3v) is 2.97. The normalized spacial score (nSPS) is 10.6. The molecule has 19 heavy (non-hydrogen) atoms. The molecule has 0 aliphatic carbocycles. The van der Waals surface area contributed by atoms with E-state index in [0.717, 1.165) is 10.3 Å². The smallest absolute Gasteiger partial charge is 0.290 e. The van der Waals surface area contributed by atoms with Crippen LogP contribution in [0.1, 0.15) is 0 Å². The highest BCUT2D eigenvalue weighted by Crippen LogP contribution is 2.26. The van der Waals surface area contributed by atoms with Crippen LogP contribution in [0.3, 0.4) is 0 Å². The number of ether oxygens (including phenoxy) is 1. The van der Waals surface area contributed by atoms with Crippen molar-refractivity contribution in [2.75, 3.05) is 7.11 Å². The lowest BCUT2D eigenvalue weighted by Gasteiger charge is -2.10. The molecule has 0 saturated carbocycles. The number of nitrogens with zero attached hydrogens (tertiary/aromatic N) is 2. The molecule has 0 aliphatic rings. The molecule has 0 bridgehead atoms. The zero-order chi connectivity index (χ0) is 13.2. The maximum absolute atomic E-state index is 12.5. The van der Waals surface area contributed by atoms with Gasteiger partial charge in [0.2, 0.25) is 5.52 Å². The van der Waals surface area contributed by atoms with Gasteiger partial charge < -0.3 is 9.94 Å². The zero-order valence-corrected chi connectivity index (χ0v) is 10.4. The van der Waals surface area contributed by atoms with E-state index in [2.05, 4.69) is 4.98 Å². The highest BCUT2D eigenvalue weighted by Gasteiger charge is 2.21. The molecule has 4 heteroatoms. The molecular formula is C15H12N2O2. The van der Waals surface area contributed by atoms with Crippen LogP contribution < -0.4 is 9.47 Å². The number of hydrogen-bond donors (Lipinski definition) is 0. The molecule has 94 valence electrons. The summed E-state index contributed by atoms with van der Waals surface area (Å²) in [4.78, 5) is 4.39. The fourth-order valence-electron chi connectivity index (χ4n) is 2.08. The molecule has 0 spiro atoms. The summed E-state index contributed by atoms with van der Waals surface area (Å²) in [7, 11) is 1.52. The van der Waals surface area contributed by atoms with Gasteiger partial charge in [-0.15, -0.1) is 0 Å². The Morgan fingerprint density at radius 1 is 1.00 bits per heavy atom. The van der Waals surface area contributed by atoms with Crippen molar-refractivity contribution in [3.8, 4) is 17.1 Å². The number of methoxy groups -OCH3 is 1. The van der Waals surface area contributed by atoms with Crippen molar-refractivity contribution in [3.05, 3.63) is 59.8 Å². The fourth-order valence-corrected chi connectivity index (χ4v) is 2.08. The number of aromatic nitrogens is 2. The van der Waals surface area contributed by atoms with Crippen molar-refractivity contribution in [2.45, 2.75) is 0 Å². The predicted octanol–water partition coefficient (Wildman–Crippen LogP) is 2.54. The molecule has 0 radical (unpaired) electrons. The van der Waals surface area contributed by atoms with Crippen molar-refractivity contribution >= 4 is 11.0 Å². The minimum Gasteiger partial charge on any atom is -0.618 e. The first-order chi connectivity index (χ1) is 9.31. The average molecular weight is 252 g/mol. The van der Waals surface area contributed by atoms with Crippen LogP contribution in [0.2, 0.25) is 0 Å². The molecule has 3 rings (SSSR count). The van der Waals surface area contributed by atoms with E-state index < -0.39 is 0 Å². The van der Waals surface area contributed by atoms with Gasteiger partial charge in [0.05, 0.1) is 12.7 Å². The summed E-state index contributed by atoms with van der Waals surface area (Å²) < 4.78 is 6.13. The Labute approximate surface area is 110 Å². The summed E-state index contributed by atoms with van der Waals surface area (Å²) >= 11 is 0. The zero-order valence-electron chi connectivity index (χ0n) is 10.4. The Morgan fingerprint density at radius 3 is 2.42 bits per heavy atom. The van der Waals surface area contributed by atoms with Crippen LogP contribution in [0.5, 0.6) is 5.88 Å². The van der Waals surface area contributed by atoms with E-state index in [0.29, 0.717) is 22.6 Å². The largest absolute Gasteiger partial charge is 0.618 e. The number of hydrogen-bond acceptors (Lipinski definition) is 3. The molecular weight excluding hydrogens is 240 g/mol. The Morgan fingerprint density at radius 2 is 1.68 bits per heavy atom. The standard InChI is InChI=1S/C15H12N2O2/c1-19-15-14(11-7-3-2-4-8-11)17(18)13-10-6-5-9-12(13)16-15/h2-10H,1H3. The van der Waals surface area contributed by atoms with Gasteiger partial charge in [0, 0.05) is 6.07 Å². The summed E-state index contributed by atoms with van der Waals surface area (Å²) in [6, 6.07) is 16.6. The van der Waals surface area contributed by atoms with E-state index in [1.807, 2.05) is 42.5 Å². The third-order valence-electron chi connectivity index (χ3n) is 2.97. The van der Waals surface area contributed by atoms with Crippen LogP contribution in [-0.4, -0.2) is 12.1 Å². The van der Waals surface area contributed by atoms with Gasteiger partial charge >= 0.3 is 0 Å². The Bertz CT molecular complexity index is 727. The van der Waals surface area contributed by atoms with E-state index in [1.165, 1.54) is 7.11 Å². The first-order valence-corrected chi connectivity index (χ1v) is 5.93. The van der Waals surface area contributed by atoms with Crippen LogP contribution in [0.4, 0.5) is 0 Å². The molecule has 0 N–H and O–H groups in total. The first-order valence-electron chi connectivity index (χ1n) is 5.93. The lowest BCUT2D eigenvalue weighted by Crippen LogP contribution is -2.31. The number of rotatable bonds is 2. The summed E-state index contributed by atoms with van der Waals surface area (Å²) in [6.45, 7) is 0. The highest BCUT2D eigenvalue weighted by molar-refractivity contribution is 5.75. The number of para-hydroxylation sites is 2. The van der Waals surface area contributed by atoms with Crippen molar-refractivity contribution < 1.29 is 9.47 Å². The van der Waals surface area contributed by atoms with E-state index >= 15 is 0 Å². The molecule has 3 aromatic rings. The maximum atomic E-state index is 12.5. The lowest BCUT2D eigenvalue weighted by molar-refractivity contribution is -0.565. The van der Waals surface area contributed by atoms with Crippen molar-refractivity contribution in [1.82, 2.24) is 4.98 Å². The Balaban J connectivity index is 2.37.